The second-order valence-electron chi connectivity index (χ2n) is 3.77. The molecule has 2 rings (SSSR count). The molecule has 0 atom stereocenters. The lowest BCUT2D eigenvalue weighted by molar-refractivity contribution is 0.569. The highest BCUT2D eigenvalue weighted by atomic mass is 32.2. The van der Waals surface area contributed by atoms with Gasteiger partial charge in [-0.05, 0) is 25.1 Å². The summed E-state index contributed by atoms with van der Waals surface area (Å²) in [6.45, 7) is 1.66. The number of rotatable bonds is 3. The predicted molar refractivity (Wildman–Crippen MR) is 67.6 cm³/mol. The van der Waals surface area contributed by atoms with Crippen LogP contribution in [-0.4, -0.2) is 13.4 Å². The van der Waals surface area contributed by atoms with Crippen molar-refractivity contribution in [2.45, 2.75) is 11.8 Å². The summed E-state index contributed by atoms with van der Waals surface area (Å²) in [4.78, 5) is 3.65. The number of aromatic nitrogens is 1. The van der Waals surface area contributed by atoms with Gasteiger partial charge in [0.15, 0.2) is 0 Å². The Kier molecular flexibility index (Phi) is 3.14. The molecule has 19 heavy (non-hydrogen) atoms. The molecule has 0 aliphatic rings. The molecule has 0 spiro atoms. The Morgan fingerprint density at radius 3 is 2.79 bits per heavy atom. The van der Waals surface area contributed by atoms with E-state index in [4.69, 9.17) is 15.4 Å². The summed E-state index contributed by atoms with van der Waals surface area (Å²) in [6.07, 6.45) is 1.31. The molecule has 1 aromatic heterocycles. The molecule has 0 unspecified atom stereocenters. The van der Waals surface area contributed by atoms with E-state index in [2.05, 4.69) is 9.71 Å². The third kappa shape index (κ3) is 2.66. The lowest BCUT2D eigenvalue weighted by Crippen LogP contribution is -2.14. The molecule has 3 N–H and O–H groups in total. The van der Waals surface area contributed by atoms with Crippen LogP contribution in [0.3, 0.4) is 0 Å². The van der Waals surface area contributed by atoms with E-state index >= 15 is 0 Å². The smallest absolute Gasteiger partial charge is 0.309 e. The van der Waals surface area contributed by atoms with E-state index in [1.807, 2.05) is 0 Å². The zero-order valence-electron chi connectivity index (χ0n) is 9.91. The minimum Gasteiger partial charge on any atom is -0.431 e. The first-order chi connectivity index (χ1) is 8.92. The van der Waals surface area contributed by atoms with Gasteiger partial charge in [0.1, 0.15) is 17.2 Å². The van der Waals surface area contributed by atoms with Crippen molar-refractivity contribution in [3.8, 4) is 6.07 Å². The van der Waals surface area contributed by atoms with E-state index in [1.165, 1.54) is 24.5 Å². The Bertz CT molecular complexity index is 758. The van der Waals surface area contributed by atoms with Gasteiger partial charge in [0.05, 0.1) is 11.3 Å². The molecule has 0 amide bonds. The lowest BCUT2D eigenvalue weighted by atomic mass is 10.2. The van der Waals surface area contributed by atoms with Crippen LogP contribution < -0.4 is 10.5 Å². The van der Waals surface area contributed by atoms with Crippen LogP contribution >= 0.6 is 0 Å². The van der Waals surface area contributed by atoms with Crippen LogP contribution in [0.5, 0.6) is 0 Å². The van der Waals surface area contributed by atoms with Gasteiger partial charge in [0.2, 0.25) is 0 Å². The average molecular weight is 278 g/mol. The Morgan fingerprint density at radius 2 is 2.21 bits per heavy atom. The molecule has 8 heteroatoms. The summed E-state index contributed by atoms with van der Waals surface area (Å²) < 4.78 is 31.3. The quantitative estimate of drug-likeness (QED) is 0.814. The van der Waals surface area contributed by atoms with E-state index in [9.17, 15) is 8.42 Å². The lowest BCUT2D eigenvalue weighted by Gasteiger charge is -2.06. The third-order valence-electron chi connectivity index (χ3n) is 2.25. The van der Waals surface area contributed by atoms with Crippen molar-refractivity contribution in [2.24, 2.45) is 0 Å². The Labute approximate surface area is 109 Å². The summed E-state index contributed by atoms with van der Waals surface area (Å²) in [5.74, 6) is 0. The van der Waals surface area contributed by atoms with E-state index in [0.29, 0.717) is 11.4 Å². The first-order valence-corrected chi connectivity index (χ1v) is 6.65. The minimum absolute atomic E-state index is 0.0456. The van der Waals surface area contributed by atoms with E-state index in [1.54, 1.807) is 13.0 Å². The fourth-order valence-corrected chi connectivity index (χ4v) is 2.51. The van der Waals surface area contributed by atoms with Crippen LogP contribution in [0, 0.1) is 18.3 Å². The van der Waals surface area contributed by atoms with Crippen LogP contribution in [0.15, 0.2) is 33.8 Å². The number of nitrogens with one attached hydrogen (secondary N) is 1. The maximum absolute atomic E-state index is 12.1. The number of anilines is 2. The second-order valence-corrected chi connectivity index (χ2v) is 5.42. The van der Waals surface area contributed by atoms with Crippen LogP contribution in [0.25, 0.3) is 0 Å². The number of hydrogen-bond acceptors (Lipinski definition) is 6. The number of nitriles is 1. The van der Waals surface area contributed by atoms with Gasteiger partial charge < -0.3 is 10.2 Å². The maximum Gasteiger partial charge on any atom is 0.309 e. The monoisotopic (exact) mass is 278 g/mol. The number of nitrogens with two attached hydrogens (primary N) is 1. The number of nitrogens with zero attached hydrogens (tertiary/aromatic N) is 2. The summed E-state index contributed by atoms with van der Waals surface area (Å²) in [5.41, 5.74) is 6.30. The molecular formula is C11H10N4O3S. The third-order valence-corrected chi connectivity index (χ3v) is 3.63. The van der Waals surface area contributed by atoms with Crippen molar-refractivity contribution < 1.29 is 12.8 Å². The Morgan fingerprint density at radius 1 is 1.47 bits per heavy atom. The van der Waals surface area contributed by atoms with Crippen molar-refractivity contribution in [3.05, 3.63) is 35.7 Å². The molecule has 1 aromatic carbocycles. The fourth-order valence-electron chi connectivity index (χ4n) is 1.44. The van der Waals surface area contributed by atoms with Gasteiger partial charge in [-0.2, -0.15) is 10.2 Å². The molecule has 0 bridgehead atoms. The molecule has 0 radical (unpaired) electrons. The first kappa shape index (κ1) is 12.9. The molecule has 0 aliphatic heterocycles. The topological polar surface area (TPSA) is 122 Å². The van der Waals surface area contributed by atoms with Gasteiger partial charge >= 0.3 is 6.01 Å². The zero-order chi connectivity index (χ0) is 14.0. The number of aryl methyl sites for hydroxylation is 1. The fraction of sp³-hybridized carbons (Fsp3) is 0.0909. The summed E-state index contributed by atoms with van der Waals surface area (Å²) in [7, 11) is -3.94. The normalized spacial score (nSPS) is 10.9. The largest absolute Gasteiger partial charge is 0.431 e. The van der Waals surface area contributed by atoms with Crippen LogP contribution in [0.2, 0.25) is 0 Å². The van der Waals surface area contributed by atoms with Gasteiger partial charge in [-0.25, -0.2) is 13.1 Å². The van der Waals surface area contributed by atoms with Crippen molar-refractivity contribution in [1.82, 2.24) is 4.98 Å². The highest BCUT2D eigenvalue weighted by Gasteiger charge is 2.20. The molecule has 0 aliphatic carbocycles. The van der Waals surface area contributed by atoms with Gasteiger partial charge in [-0.1, -0.05) is 0 Å². The van der Waals surface area contributed by atoms with Gasteiger partial charge in [-0.15, -0.1) is 0 Å². The van der Waals surface area contributed by atoms with Crippen molar-refractivity contribution in [3.63, 3.8) is 0 Å². The number of benzene rings is 1. The van der Waals surface area contributed by atoms with Crippen molar-refractivity contribution in [2.75, 3.05) is 10.5 Å². The predicted octanol–water partition coefficient (Wildman–Crippen LogP) is 1.24. The molecule has 7 nitrogen and oxygen atoms in total. The highest BCUT2D eigenvalue weighted by Crippen LogP contribution is 2.21. The minimum atomic E-state index is -3.94. The highest BCUT2D eigenvalue weighted by molar-refractivity contribution is 7.92. The molecule has 98 valence electrons. The van der Waals surface area contributed by atoms with Gasteiger partial charge in [0.25, 0.3) is 10.0 Å². The molecule has 2 aromatic rings. The standard InChI is InChI=1S/C11H10N4O3S/c1-7-6-18-11(14-7)15-19(16,17)10-3-2-9(13)4-8(10)5-12/h2-4,6H,13H2,1H3,(H,14,15). The van der Waals surface area contributed by atoms with Crippen LogP contribution in [-0.2, 0) is 10.0 Å². The van der Waals surface area contributed by atoms with Crippen LogP contribution in [0.4, 0.5) is 11.7 Å². The Hall–Kier alpha value is -2.53. The summed E-state index contributed by atoms with van der Waals surface area (Å²) in [5, 5.41) is 8.94. The SMILES string of the molecule is Cc1coc(NS(=O)(=O)c2ccc(N)cc2C#N)n1. The van der Waals surface area contributed by atoms with E-state index < -0.39 is 10.0 Å². The first-order valence-electron chi connectivity index (χ1n) is 5.17. The van der Waals surface area contributed by atoms with E-state index in [-0.39, 0.29) is 16.5 Å². The second kappa shape index (κ2) is 4.62. The van der Waals surface area contributed by atoms with Gasteiger partial charge in [0, 0.05) is 5.69 Å². The number of sulfonamides is 1. The molecular weight excluding hydrogens is 268 g/mol. The van der Waals surface area contributed by atoms with Crippen LogP contribution in [0.1, 0.15) is 11.3 Å². The molecule has 0 saturated heterocycles. The molecule has 0 saturated carbocycles. The molecule has 0 fully saturated rings. The molecule has 1 heterocycles. The number of hydrogen-bond donors (Lipinski definition) is 2. The maximum atomic E-state index is 12.1. The number of oxazole rings is 1. The average Bonchev–Trinajstić information content (AvgIpc) is 2.73. The van der Waals surface area contributed by atoms with E-state index in [0.717, 1.165) is 0 Å². The van der Waals surface area contributed by atoms with Crippen molar-refractivity contribution in [1.29, 1.82) is 5.26 Å². The number of nitrogen functional groups attached to an aromatic ring is 1. The van der Waals surface area contributed by atoms with Gasteiger partial charge in [-0.3, -0.25) is 0 Å². The Balaban J connectivity index is 2.43. The zero-order valence-corrected chi connectivity index (χ0v) is 10.7. The summed E-state index contributed by atoms with van der Waals surface area (Å²) >= 11 is 0. The summed E-state index contributed by atoms with van der Waals surface area (Å²) in [6, 6.07) is 5.57. The van der Waals surface area contributed by atoms with Crippen molar-refractivity contribution >= 4 is 21.7 Å².